The quantitative estimate of drug-likeness (QED) is 0.506. The van der Waals surface area contributed by atoms with Crippen LogP contribution in [0.1, 0.15) is 40.3 Å². The number of hydrogen-bond acceptors (Lipinski definition) is 5. The van der Waals surface area contributed by atoms with Gasteiger partial charge in [-0.2, -0.15) is 23.0 Å². The van der Waals surface area contributed by atoms with E-state index in [1.165, 1.54) is 17.1 Å². The molecule has 1 amide bonds. The Morgan fingerprint density at radius 1 is 1.12 bits per heavy atom. The van der Waals surface area contributed by atoms with Gasteiger partial charge < -0.3 is 4.90 Å². The number of halogens is 3. The number of hydrogen-bond donors (Lipinski definition) is 0. The summed E-state index contributed by atoms with van der Waals surface area (Å²) in [6.07, 6.45) is 0.351. The zero-order chi connectivity index (χ0) is 23.7. The van der Waals surface area contributed by atoms with Gasteiger partial charge in [-0.3, -0.25) is 4.79 Å². The highest BCUT2D eigenvalue weighted by atomic mass is 28.3. The van der Waals surface area contributed by atoms with Crippen LogP contribution in [0, 0.1) is 6.92 Å². The molecule has 1 unspecified atom stereocenters. The standard InChI is InChI=1S/C21H25F3N6OSi/c1-14-9-16(11-17(10-14)21(22,23)24)19(31)29(13-32(3,4)5)15(2)18-27-12-28-30(18)20-25-7-6-8-26-20/h6-12,15H,13H2,1-5H3. The lowest BCUT2D eigenvalue weighted by atomic mass is 10.0. The molecule has 0 aliphatic rings. The molecule has 1 aromatic carbocycles. The summed E-state index contributed by atoms with van der Waals surface area (Å²) in [4.78, 5) is 27.8. The maximum atomic E-state index is 13.5. The zero-order valence-electron chi connectivity index (χ0n) is 18.6. The average molecular weight is 463 g/mol. The predicted molar refractivity (Wildman–Crippen MR) is 116 cm³/mol. The molecule has 0 saturated carbocycles. The highest BCUT2D eigenvalue weighted by Gasteiger charge is 2.34. The van der Waals surface area contributed by atoms with Gasteiger partial charge in [0, 0.05) is 24.1 Å². The highest BCUT2D eigenvalue weighted by molar-refractivity contribution is 6.76. The second-order valence-electron chi connectivity index (χ2n) is 8.83. The summed E-state index contributed by atoms with van der Waals surface area (Å²) in [6.45, 7) is 9.58. The number of rotatable bonds is 6. The van der Waals surface area contributed by atoms with Gasteiger partial charge in [0.15, 0.2) is 5.82 Å². The van der Waals surface area contributed by atoms with Crippen LogP contribution in [0.3, 0.4) is 0 Å². The largest absolute Gasteiger partial charge is 0.416 e. The van der Waals surface area contributed by atoms with Crippen LogP contribution in [0.25, 0.3) is 5.95 Å². The molecule has 0 radical (unpaired) electrons. The Labute approximate surface area is 185 Å². The minimum atomic E-state index is -4.54. The van der Waals surface area contributed by atoms with Crippen LogP contribution in [0.5, 0.6) is 0 Å². The second kappa shape index (κ2) is 8.81. The van der Waals surface area contributed by atoms with Crippen molar-refractivity contribution in [3.63, 3.8) is 0 Å². The molecule has 3 rings (SSSR count). The first kappa shape index (κ1) is 23.6. The van der Waals surface area contributed by atoms with E-state index in [9.17, 15) is 18.0 Å². The topological polar surface area (TPSA) is 76.8 Å². The number of nitrogens with zero attached hydrogens (tertiary/aromatic N) is 6. The van der Waals surface area contributed by atoms with Gasteiger partial charge in [0.1, 0.15) is 6.33 Å². The first-order valence-corrected chi connectivity index (χ1v) is 13.7. The molecule has 170 valence electrons. The average Bonchev–Trinajstić information content (AvgIpc) is 3.20. The van der Waals surface area contributed by atoms with Gasteiger partial charge in [-0.1, -0.05) is 19.6 Å². The Hall–Kier alpha value is -3.08. The van der Waals surface area contributed by atoms with E-state index in [4.69, 9.17) is 0 Å². The molecule has 3 aromatic rings. The molecule has 0 aliphatic carbocycles. The van der Waals surface area contributed by atoms with Gasteiger partial charge in [0.05, 0.1) is 19.7 Å². The molecule has 7 nitrogen and oxygen atoms in total. The molecule has 0 fully saturated rings. The van der Waals surface area contributed by atoms with Gasteiger partial charge in [0.25, 0.3) is 11.9 Å². The van der Waals surface area contributed by atoms with Gasteiger partial charge >= 0.3 is 6.18 Å². The monoisotopic (exact) mass is 462 g/mol. The fourth-order valence-corrected chi connectivity index (χ4v) is 4.80. The predicted octanol–water partition coefficient (Wildman–Crippen LogP) is 4.47. The van der Waals surface area contributed by atoms with E-state index in [2.05, 4.69) is 39.7 Å². The molecule has 0 bridgehead atoms. The summed E-state index contributed by atoms with van der Waals surface area (Å²) in [5.74, 6) is 0.228. The first-order valence-electron chi connectivity index (χ1n) is 10.0. The van der Waals surface area contributed by atoms with Gasteiger partial charge in [-0.05, 0) is 43.7 Å². The van der Waals surface area contributed by atoms with Crippen LogP contribution in [0.4, 0.5) is 13.2 Å². The third-order valence-electron chi connectivity index (χ3n) is 4.71. The number of benzene rings is 1. The fourth-order valence-electron chi connectivity index (χ4n) is 3.36. The molecule has 0 aliphatic heterocycles. The van der Waals surface area contributed by atoms with Crippen LogP contribution in [-0.2, 0) is 6.18 Å². The molecule has 0 saturated heterocycles. The third-order valence-corrected chi connectivity index (χ3v) is 6.00. The minimum Gasteiger partial charge on any atom is -0.332 e. The lowest BCUT2D eigenvalue weighted by molar-refractivity contribution is -0.137. The summed E-state index contributed by atoms with van der Waals surface area (Å²) < 4.78 is 41.5. The molecule has 1 atom stereocenters. The molecule has 32 heavy (non-hydrogen) atoms. The minimum absolute atomic E-state index is 0.00977. The van der Waals surface area contributed by atoms with Crippen LogP contribution < -0.4 is 0 Å². The summed E-state index contributed by atoms with van der Waals surface area (Å²) in [5.41, 5.74) is -0.489. The number of carbonyl (C=O) groups excluding carboxylic acids is 1. The van der Waals surface area contributed by atoms with Gasteiger partial charge in [-0.15, -0.1) is 0 Å². The lowest BCUT2D eigenvalue weighted by Crippen LogP contribution is -2.45. The Morgan fingerprint density at radius 3 is 2.38 bits per heavy atom. The van der Waals surface area contributed by atoms with Gasteiger partial charge in [0.2, 0.25) is 0 Å². The fraction of sp³-hybridized carbons (Fsp3) is 0.381. The van der Waals surface area contributed by atoms with E-state index in [1.807, 2.05) is 0 Å². The van der Waals surface area contributed by atoms with Crippen molar-refractivity contribution in [2.24, 2.45) is 0 Å². The molecule has 11 heteroatoms. The van der Waals surface area contributed by atoms with E-state index >= 15 is 0 Å². The maximum absolute atomic E-state index is 13.5. The molecular weight excluding hydrogens is 437 g/mol. The molecule has 0 spiro atoms. The Kier molecular flexibility index (Phi) is 6.49. The van der Waals surface area contributed by atoms with Crippen LogP contribution in [0.2, 0.25) is 19.6 Å². The molecule has 2 heterocycles. The normalized spacial score (nSPS) is 13.1. The van der Waals surface area contributed by atoms with Gasteiger partial charge in [-0.25, -0.2) is 15.0 Å². The number of carbonyl (C=O) groups is 1. The second-order valence-corrected chi connectivity index (χ2v) is 14.3. The maximum Gasteiger partial charge on any atom is 0.416 e. The number of aromatic nitrogens is 5. The van der Waals surface area contributed by atoms with Crippen molar-refractivity contribution in [3.8, 4) is 5.95 Å². The van der Waals surface area contributed by atoms with E-state index in [0.717, 1.165) is 12.1 Å². The molecule has 2 aromatic heterocycles. The Morgan fingerprint density at radius 2 is 1.78 bits per heavy atom. The lowest BCUT2D eigenvalue weighted by Gasteiger charge is -2.33. The zero-order valence-corrected chi connectivity index (χ0v) is 19.6. The summed E-state index contributed by atoms with van der Waals surface area (Å²) in [5, 5.41) is 4.18. The van der Waals surface area contributed by atoms with E-state index in [1.54, 1.807) is 37.2 Å². The van der Waals surface area contributed by atoms with Crippen molar-refractivity contribution < 1.29 is 18.0 Å². The van der Waals surface area contributed by atoms with E-state index < -0.39 is 31.8 Å². The summed E-state index contributed by atoms with van der Waals surface area (Å²) >= 11 is 0. The highest BCUT2D eigenvalue weighted by Crippen LogP contribution is 2.32. The van der Waals surface area contributed by atoms with Crippen molar-refractivity contribution >= 4 is 14.0 Å². The van der Waals surface area contributed by atoms with Crippen molar-refractivity contribution in [1.29, 1.82) is 0 Å². The first-order chi connectivity index (χ1) is 14.9. The van der Waals surface area contributed by atoms with Crippen molar-refractivity contribution in [1.82, 2.24) is 29.6 Å². The van der Waals surface area contributed by atoms with Crippen LogP contribution >= 0.6 is 0 Å². The van der Waals surface area contributed by atoms with Crippen molar-refractivity contribution in [2.75, 3.05) is 6.17 Å². The van der Waals surface area contributed by atoms with Crippen molar-refractivity contribution in [3.05, 3.63) is 65.5 Å². The van der Waals surface area contributed by atoms with Crippen LogP contribution in [-0.4, -0.2) is 49.8 Å². The Bertz CT molecular complexity index is 1090. The summed E-state index contributed by atoms with van der Waals surface area (Å²) in [7, 11) is -1.86. The number of amides is 1. The number of aryl methyl sites for hydroxylation is 1. The molecular formula is C21H25F3N6OSi. The van der Waals surface area contributed by atoms with E-state index in [0.29, 0.717) is 23.5 Å². The van der Waals surface area contributed by atoms with Crippen LogP contribution in [0.15, 0.2) is 43.0 Å². The third kappa shape index (κ3) is 5.39. The smallest absolute Gasteiger partial charge is 0.332 e. The van der Waals surface area contributed by atoms with Crippen molar-refractivity contribution in [2.45, 2.75) is 45.7 Å². The Balaban J connectivity index is 2.05. The summed E-state index contributed by atoms with van der Waals surface area (Å²) in [6, 6.07) is 4.51. The number of alkyl halides is 3. The molecule has 0 N–H and O–H groups in total. The van der Waals surface area contributed by atoms with E-state index in [-0.39, 0.29) is 5.56 Å². The SMILES string of the molecule is Cc1cc(C(=O)N(C[Si](C)(C)C)C(C)c2ncnn2-c2ncccn2)cc(C(F)(F)F)c1.